The predicted molar refractivity (Wildman–Crippen MR) is 103 cm³/mol. The number of anilines is 2. The normalized spacial score (nSPS) is 15.3. The van der Waals surface area contributed by atoms with E-state index in [9.17, 15) is 9.18 Å². The van der Waals surface area contributed by atoms with E-state index in [2.05, 4.69) is 30.1 Å². The summed E-state index contributed by atoms with van der Waals surface area (Å²) in [5, 5.41) is 3.06. The van der Waals surface area contributed by atoms with E-state index in [1.807, 2.05) is 30.3 Å². The van der Waals surface area contributed by atoms with Crippen LogP contribution in [-0.2, 0) is 4.79 Å². The number of nitrogens with zero attached hydrogens (tertiary/aromatic N) is 1. The van der Waals surface area contributed by atoms with Gasteiger partial charge in [0.25, 0.3) is 5.91 Å². The third kappa shape index (κ3) is 4.41. The summed E-state index contributed by atoms with van der Waals surface area (Å²) < 4.78 is 13.9. The minimum atomic E-state index is -0.181. The first-order valence-corrected chi connectivity index (χ1v) is 9.26. The van der Waals surface area contributed by atoms with Gasteiger partial charge in [-0.15, -0.1) is 0 Å². The molecule has 26 heavy (non-hydrogen) atoms. The number of rotatable bonds is 5. The molecule has 0 unspecified atom stereocenters. The molecule has 1 aliphatic rings. The molecular weight excluding hydrogens is 329 g/mol. The maximum absolute atomic E-state index is 13.9. The predicted octanol–water partition coefficient (Wildman–Crippen LogP) is 2.29. The molecule has 0 spiro atoms. The number of para-hydroxylation sites is 2. The summed E-state index contributed by atoms with van der Waals surface area (Å²) in [6, 6.07) is 14.8. The van der Waals surface area contributed by atoms with Crippen LogP contribution in [0.15, 0.2) is 48.5 Å². The first-order valence-electron chi connectivity index (χ1n) is 9.26. The summed E-state index contributed by atoms with van der Waals surface area (Å²) in [6.45, 7) is 7.85. The largest absolute Gasteiger partial charge is 0.358 e. The lowest BCUT2D eigenvalue weighted by molar-refractivity contribution is -0.892. The molecule has 1 fully saturated rings. The lowest BCUT2D eigenvalue weighted by atomic mass is 10.0. The van der Waals surface area contributed by atoms with E-state index in [1.54, 1.807) is 6.07 Å². The van der Waals surface area contributed by atoms with Crippen LogP contribution in [0.4, 0.5) is 15.8 Å². The highest BCUT2D eigenvalue weighted by atomic mass is 19.1. The monoisotopic (exact) mass is 356 g/mol. The van der Waals surface area contributed by atoms with E-state index in [4.69, 9.17) is 0 Å². The fourth-order valence-electron chi connectivity index (χ4n) is 3.48. The molecule has 3 rings (SSSR count). The van der Waals surface area contributed by atoms with Crippen LogP contribution in [0.3, 0.4) is 0 Å². The van der Waals surface area contributed by atoms with Crippen LogP contribution in [0.25, 0.3) is 0 Å². The molecule has 4 nitrogen and oxygen atoms in total. The van der Waals surface area contributed by atoms with Gasteiger partial charge in [-0.1, -0.05) is 44.2 Å². The summed E-state index contributed by atoms with van der Waals surface area (Å²) in [5.41, 5.74) is 2.71. The number of piperazine rings is 1. The maximum Gasteiger partial charge on any atom is 0.279 e. The van der Waals surface area contributed by atoms with Gasteiger partial charge in [-0.25, -0.2) is 4.39 Å². The Morgan fingerprint density at radius 1 is 1.12 bits per heavy atom. The zero-order valence-electron chi connectivity index (χ0n) is 15.5. The molecule has 0 saturated carbocycles. The number of quaternary nitrogens is 1. The van der Waals surface area contributed by atoms with Crippen molar-refractivity contribution in [3.8, 4) is 0 Å². The standard InChI is InChI=1S/C21H26FN3O/c1-16(2)17-7-3-5-9-19(17)23-21(26)15-24-11-13-25(14-12-24)20-10-6-4-8-18(20)22/h3-10,16H,11-15H2,1-2H3,(H,23,26)/p+1. The number of hydrogen-bond donors (Lipinski definition) is 2. The van der Waals surface area contributed by atoms with Gasteiger partial charge in [0.15, 0.2) is 6.54 Å². The molecule has 2 aromatic rings. The van der Waals surface area contributed by atoms with Crippen LogP contribution < -0.4 is 15.1 Å². The van der Waals surface area contributed by atoms with Crippen LogP contribution in [0.1, 0.15) is 25.3 Å². The molecule has 0 radical (unpaired) electrons. The van der Waals surface area contributed by atoms with Crippen molar-refractivity contribution < 1.29 is 14.1 Å². The fourth-order valence-corrected chi connectivity index (χ4v) is 3.48. The maximum atomic E-state index is 13.9. The van der Waals surface area contributed by atoms with Gasteiger partial charge in [0.05, 0.1) is 31.9 Å². The van der Waals surface area contributed by atoms with Crippen LogP contribution in [-0.4, -0.2) is 38.6 Å². The van der Waals surface area contributed by atoms with Crippen LogP contribution >= 0.6 is 0 Å². The Morgan fingerprint density at radius 2 is 1.77 bits per heavy atom. The van der Waals surface area contributed by atoms with Gasteiger partial charge in [0.2, 0.25) is 0 Å². The Kier molecular flexibility index (Phi) is 5.89. The second-order valence-electron chi connectivity index (χ2n) is 7.16. The minimum absolute atomic E-state index is 0.0347. The quantitative estimate of drug-likeness (QED) is 0.863. The molecule has 0 aromatic heterocycles. The number of nitrogens with one attached hydrogen (secondary N) is 2. The highest BCUT2D eigenvalue weighted by molar-refractivity contribution is 5.92. The number of hydrogen-bond acceptors (Lipinski definition) is 2. The molecule has 2 aromatic carbocycles. The molecule has 0 bridgehead atoms. The first-order chi connectivity index (χ1) is 12.5. The van der Waals surface area contributed by atoms with E-state index in [1.165, 1.54) is 11.0 Å². The Bertz CT molecular complexity index is 754. The van der Waals surface area contributed by atoms with Gasteiger partial charge in [0, 0.05) is 5.69 Å². The Labute approximate surface area is 154 Å². The lowest BCUT2D eigenvalue weighted by Gasteiger charge is -2.33. The molecule has 0 atom stereocenters. The van der Waals surface area contributed by atoms with Crippen molar-refractivity contribution in [2.45, 2.75) is 19.8 Å². The van der Waals surface area contributed by atoms with Crippen molar-refractivity contribution in [1.29, 1.82) is 0 Å². The highest BCUT2D eigenvalue weighted by Crippen LogP contribution is 2.23. The Morgan fingerprint density at radius 3 is 2.46 bits per heavy atom. The Balaban J connectivity index is 1.53. The molecule has 1 aliphatic heterocycles. The smallest absolute Gasteiger partial charge is 0.279 e. The number of carbonyl (C=O) groups excluding carboxylic acids is 1. The van der Waals surface area contributed by atoms with Gasteiger partial charge in [-0.2, -0.15) is 0 Å². The van der Waals surface area contributed by atoms with Crippen molar-refractivity contribution in [3.05, 3.63) is 59.9 Å². The number of carbonyl (C=O) groups is 1. The van der Waals surface area contributed by atoms with Crippen molar-refractivity contribution in [3.63, 3.8) is 0 Å². The zero-order chi connectivity index (χ0) is 18.5. The summed E-state index contributed by atoms with van der Waals surface area (Å²) in [6.07, 6.45) is 0. The van der Waals surface area contributed by atoms with Crippen LogP contribution in [0, 0.1) is 5.82 Å². The summed E-state index contributed by atoms with van der Waals surface area (Å²) in [4.78, 5) is 15.7. The van der Waals surface area contributed by atoms with Gasteiger partial charge in [0.1, 0.15) is 5.82 Å². The third-order valence-electron chi connectivity index (χ3n) is 4.93. The van der Waals surface area contributed by atoms with Crippen molar-refractivity contribution in [2.75, 3.05) is 42.9 Å². The van der Waals surface area contributed by atoms with E-state index < -0.39 is 0 Å². The molecule has 138 valence electrons. The van der Waals surface area contributed by atoms with E-state index >= 15 is 0 Å². The zero-order valence-corrected chi connectivity index (χ0v) is 15.5. The van der Waals surface area contributed by atoms with E-state index in [-0.39, 0.29) is 11.7 Å². The van der Waals surface area contributed by atoms with E-state index in [0.717, 1.165) is 37.4 Å². The van der Waals surface area contributed by atoms with Crippen LogP contribution in [0.2, 0.25) is 0 Å². The van der Waals surface area contributed by atoms with Gasteiger partial charge in [-0.05, 0) is 29.7 Å². The number of halogens is 1. The highest BCUT2D eigenvalue weighted by Gasteiger charge is 2.24. The first kappa shape index (κ1) is 18.4. The molecule has 1 amide bonds. The van der Waals surface area contributed by atoms with Gasteiger partial charge < -0.3 is 15.1 Å². The topological polar surface area (TPSA) is 36.8 Å². The summed E-state index contributed by atoms with van der Waals surface area (Å²) in [7, 11) is 0. The lowest BCUT2D eigenvalue weighted by Crippen LogP contribution is -3.15. The van der Waals surface area contributed by atoms with Crippen molar-refractivity contribution in [1.82, 2.24) is 0 Å². The summed E-state index contributed by atoms with van der Waals surface area (Å²) in [5.74, 6) is 0.217. The van der Waals surface area contributed by atoms with Crippen molar-refractivity contribution >= 4 is 17.3 Å². The molecule has 1 heterocycles. The Hall–Kier alpha value is -2.40. The second-order valence-corrected chi connectivity index (χ2v) is 7.16. The minimum Gasteiger partial charge on any atom is -0.358 e. The summed E-state index contributed by atoms with van der Waals surface area (Å²) >= 11 is 0. The molecule has 5 heteroatoms. The average molecular weight is 356 g/mol. The van der Waals surface area contributed by atoms with E-state index in [0.29, 0.717) is 18.2 Å². The second kappa shape index (κ2) is 8.32. The molecule has 2 N–H and O–H groups in total. The number of benzene rings is 2. The van der Waals surface area contributed by atoms with Crippen molar-refractivity contribution in [2.24, 2.45) is 0 Å². The fraction of sp³-hybridized carbons (Fsp3) is 0.381. The molecule has 0 aliphatic carbocycles. The number of amides is 1. The average Bonchev–Trinajstić information content (AvgIpc) is 2.63. The molecule has 1 saturated heterocycles. The third-order valence-corrected chi connectivity index (χ3v) is 4.93. The SMILES string of the molecule is CC(C)c1ccccc1NC(=O)C[NH+]1CCN(c2ccccc2F)CC1. The van der Waals surface area contributed by atoms with Gasteiger partial charge in [-0.3, -0.25) is 4.79 Å². The van der Waals surface area contributed by atoms with Gasteiger partial charge >= 0.3 is 0 Å². The molecular formula is C21H27FN3O+. The van der Waals surface area contributed by atoms with Crippen LogP contribution in [0.5, 0.6) is 0 Å².